The fourth-order valence-corrected chi connectivity index (χ4v) is 3.04. The van der Waals surface area contributed by atoms with Crippen LogP contribution in [0.3, 0.4) is 0 Å². The molecule has 1 aliphatic rings. The summed E-state index contributed by atoms with van der Waals surface area (Å²) in [5, 5.41) is 0. The Morgan fingerprint density at radius 1 is 0.875 bits per heavy atom. The molecule has 4 nitrogen and oxygen atoms in total. The molecule has 0 bridgehead atoms. The quantitative estimate of drug-likeness (QED) is 0.791. The molecule has 3 rings (SSSR count). The van der Waals surface area contributed by atoms with Crippen LogP contribution in [0.4, 0.5) is 11.4 Å². The summed E-state index contributed by atoms with van der Waals surface area (Å²) in [7, 11) is 1.74. The molecule has 0 aromatic heterocycles. The Bertz CT molecular complexity index is 724. The van der Waals surface area contributed by atoms with E-state index in [4.69, 9.17) is 0 Å². The highest BCUT2D eigenvalue weighted by Gasteiger charge is 2.59. The van der Waals surface area contributed by atoms with Gasteiger partial charge in [0.05, 0.1) is 0 Å². The molecular formula is C20H22N2O2. The van der Waals surface area contributed by atoms with Crippen molar-refractivity contribution in [2.75, 3.05) is 23.4 Å². The van der Waals surface area contributed by atoms with Crippen molar-refractivity contribution in [2.45, 2.75) is 19.8 Å². The zero-order valence-electron chi connectivity index (χ0n) is 14.1. The van der Waals surface area contributed by atoms with Crippen molar-refractivity contribution in [2.24, 2.45) is 5.41 Å². The first-order valence-electron chi connectivity index (χ1n) is 8.30. The molecule has 2 aromatic rings. The number of nitrogens with zero attached hydrogens (tertiary/aromatic N) is 2. The van der Waals surface area contributed by atoms with E-state index in [0.29, 0.717) is 19.4 Å². The Morgan fingerprint density at radius 2 is 1.38 bits per heavy atom. The van der Waals surface area contributed by atoms with Crippen molar-refractivity contribution < 1.29 is 9.59 Å². The van der Waals surface area contributed by atoms with Crippen LogP contribution >= 0.6 is 0 Å². The molecule has 0 spiro atoms. The molecule has 124 valence electrons. The molecule has 24 heavy (non-hydrogen) atoms. The van der Waals surface area contributed by atoms with Crippen LogP contribution in [0.15, 0.2) is 60.7 Å². The van der Waals surface area contributed by atoms with E-state index in [1.54, 1.807) is 16.8 Å². The predicted octanol–water partition coefficient (Wildman–Crippen LogP) is 3.48. The minimum atomic E-state index is -0.906. The number of amides is 2. The highest BCUT2D eigenvalue weighted by atomic mass is 16.2. The van der Waals surface area contributed by atoms with Gasteiger partial charge in [-0.05, 0) is 44.0 Å². The number of para-hydroxylation sites is 2. The molecule has 0 heterocycles. The van der Waals surface area contributed by atoms with Crippen LogP contribution < -0.4 is 9.80 Å². The third-order valence-corrected chi connectivity index (χ3v) is 4.65. The van der Waals surface area contributed by atoms with Crippen LogP contribution in [0, 0.1) is 5.41 Å². The van der Waals surface area contributed by atoms with Crippen LogP contribution in [0.5, 0.6) is 0 Å². The maximum atomic E-state index is 13.1. The van der Waals surface area contributed by atoms with E-state index in [1.165, 1.54) is 0 Å². The summed E-state index contributed by atoms with van der Waals surface area (Å²) >= 11 is 0. The highest BCUT2D eigenvalue weighted by molar-refractivity contribution is 6.18. The number of hydrogen-bond donors (Lipinski definition) is 0. The lowest BCUT2D eigenvalue weighted by Gasteiger charge is -2.28. The van der Waals surface area contributed by atoms with Crippen molar-refractivity contribution in [1.82, 2.24) is 0 Å². The number of carbonyl (C=O) groups excluding carboxylic acids is 2. The fourth-order valence-electron chi connectivity index (χ4n) is 3.04. The summed E-state index contributed by atoms with van der Waals surface area (Å²) in [5.74, 6) is -0.211. The van der Waals surface area contributed by atoms with Gasteiger partial charge in [0, 0.05) is 25.0 Å². The van der Waals surface area contributed by atoms with Gasteiger partial charge in [-0.3, -0.25) is 9.59 Å². The van der Waals surface area contributed by atoms with E-state index in [1.807, 2.05) is 67.6 Å². The van der Waals surface area contributed by atoms with Crippen molar-refractivity contribution in [3.8, 4) is 0 Å². The largest absolute Gasteiger partial charge is 0.315 e. The minimum Gasteiger partial charge on any atom is -0.315 e. The van der Waals surface area contributed by atoms with Gasteiger partial charge in [-0.25, -0.2) is 0 Å². The molecule has 0 atom stereocenters. The van der Waals surface area contributed by atoms with Gasteiger partial charge >= 0.3 is 0 Å². The zero-order chi connectivity index (χ0) is 17.2. The summed E-state index contributed by atoms with van der Waals surface area (Å²) < 4.78 is 0. The summed E-state index contributed by atoms with van der Waals surface area (Å²) in [6.45, 7) is 2.49. The van der Waals surface area contributed by atoms with E-state index in [2.05, 4.69) is 0 Å². The predicted molar refractivity (Wildman–Crippen MR) is 96.0 cm³/mol. The third kappa shape index (κ3) is 2.80. The number of rotatable bonds is 5. The SMILES string of the molecule is CCN(C(=O)C1(C(=O)N(C)c2ccccc2)CC1)c1ccccc1. The van der Waals surface area contributed by atoms with Crippen molar-refractivity contribution in [1.29, 1.82) is 0 Å². The first kappa shape index (κ1) is 16.2. The molecule has 1 saturated carbocycles. The molecule has 0 N–H and O–H groups in total. The van der Waals surface area contributed by atoms with Crippen molar-refractivity contribution in [3.05, 3.63) is 60.7 Å². The number of hydrogen-bond acceptors (Lipinski definition) is 2. The lowest BCUT2D eigenvalue weighted by atomic mass is 10.0. The van der Waals surface area contributed by atoms with Gasteiger partial charge in [0.2, 0.25) is 11.8 Å². The van der Waals surface area contributed by atoms with E-state index < -0.39 is 5.41 Å². The molecular weight excluding hydrogens is 300 g/mol. The van der Waals surface area contributed by atoms with Crippen LogP contribution in [-0.2, 0) is 9.59 Å². The molecule has 0 radical (unpaired) electrons. The topological polar surface area (TPSA) is 40.6 Å². The zero-order valence-corrected chi connectivity index (χ0v) is 14.1. The lowest BCUT2D eigenvalue weighted by Crippen LogP contribution is -2.46. The molecule has 1 fully saturated rings. The second-order valence-corrected chi connectivity index (χ2v) is 6.17. The standard InChI is InChI=1S/C20H22N2O2/c1-3-22(17-12-8-5-9-13-17)19(24)20(14-15-20)18(23)21(2)16-10-6-4-7-11-16/h4-13H,3,14-15H2,1-2H3. The van der Waals surface area contributed by atoms with Gasteiger partial charge in [0.1, 0.15) is 5.41 Å². The molecule has 2 amide bonds. The van der Waals surface area contributed by atoms with Gasteiger partial charge in [-0.15, -0.1) is 0 Å². The first-order valence-corrected chi connectivity index (χ1v) is 8.30. The molecule has 0 aliphatic heterocycles. The van der Waals surface area contributed by atoms with Gasteiger partial charge < -0.3 is 9.80 Å². The number of benzene rings is 2. The fraction of sp³-hybridized carbons (Fsp3) is 0.300. The Morgan fingerprint density at radius 3 is 1.83 bits per heavy atom. The molecule has 1 aliphatic carbocycles. The summed E-state index contributed by atoms with van der Waals surface area (Å²) in [6.07, 6.45) is 1.23. The first-order chi connectivity index (χ1) is 11.6. The molecule has 0 saturated heterocycles. The number of anilines is 2. The Labute approximate surface area is 142 Å². The summed E-state index contributed by atoms with van der Waals surface area (Å²) in [5.41, 5.74) is 0.743. The summed E-state index contributed by atoms with van der Waals surface area (Å²) in [6, 6.07) is 19.0. The Balaban J connectivity index is 1.85. The lowest BCUT2D eigenvalue weighted by molar-refractivity contribution is -0.133. The Kier molecular flexibility index (Phi) is 4.38. The third-order valence-electron chi connectivity index (χ3n) is 4.65. The second kappa shape index (κ2) is 6.48. The van der Waals surface area contributed by atoms with Crippen LogP contribution in [0.2, 0.25) is 0 Å². The monoisotopic (exact) mass is 322 g/mol. The van der Waals surface area contributed by atoms with Crippen LogP contribution in [0.1, 0.15) is 19.8 Å². The van der Waals surface area contributed by atoms with E-state index in [-0.39, 0.29) is 11.8 Å². The second-order valence-electron chi connectivity index (χ2n) is 6.17. The van der Waals surface area contributed by atoms with Crippen LogP contribution in [-0.4, -0.2) is 25.4 Å². The van der Waals surface area contributed by atoms with Crippen molar-refractivity contribution >= 4 is 23.2 Å². The van der Waals surface area contributed by atoms with Gasteiger partial charge in [-0.2, -0.15) is 0 Å². The van der Waals surface area contributed by atoms with E-state index in [0.717, 1.165) is 11.4 Å². The van der Waals surface area contributed by atoms with Gasteiger partial charge in [0.15, 0.2) is 0 Å². The van der Waals surface area contributed by atoms with E-state index >= 15 is 0 Å². The number of carbonyl (C=O) groups is 2. The molecule has 4 heteroatoms. The normalized spacial score (nSPS) is 14.8. The van der Waals surface area contributed by atoms with Gasteiger partial charge in [0.25, 0.3) is 0 Å². The van der Waals surface area contributed by atoms with Crippen LogP contribution in [0.25, 0.3) is 0 Å². The van der Waals surface area contributed by atoms with E-state index in [9.17, 15) is 9.59 Å². The van der Waals surface area contributed by atoms with Gasteiger partial charge in [-0.1, -0.05) is 36.4 Å². The highest BCUT2D eigenvalue weighted by Crippen LogP contribution is 2.49. The molecule has 0 unspecified atom stereocenters. The average Bonchev–Trinajstić information content (AvgIpc) is 3.44. The average molecular weight is 322 g/mol. The Hall–Kier alpha value is -2.62. The molecule has 2 aromatic carbocycles. The maximum Gasteiger partial charge on any atom is 0.242 e. The maximum absolute atomic E-state index is 13.1. The summed E-state index contributed by atoms with van der Waals surface area (Å²) in [4.78, 5) is 29.4. The van der Waals surface area contributed by atoms with Crippen molar-refractivity contribution in [3.63, 3.8) is 0 Å². The minimum absolute atomic E-state index is 0.0935. The smallest absolute Gasteiger partial charge is 0.242 e.